The van der Waals surface area contributed by atoms with Gasteiger partial charge in [0.05, 0.1) is 64.9 Å². The molecule has 0 atom stereocenters. The minimum absolute atomic E-state index is 0.0408. The zero-order chi connectivity index (χ0) is 24.2. The number of hydrogen-bond acceptors (Lipinski definition) is 7. The standard InChI is InChI=1S/C25H20N10O/c1-13-11-35(12-29-13)21-10-27-8-20-23(21)32-24(31-20)22-17-5-18(28-9-19(17)33-34-22)15-4-16(7-26-6-15)30-25(36)14-2-3-14/h4-12,14H,2-3H2,1H3,(H,30,36)(H,31,32)(H,33,34). The second-order valence-corrected chi connectivity index (χ2v) is 8.98. The fourth-order valence-electron chi connectivity index (χ4n) is 4.27. The molecule has 6 heterocycles. The minimum atomic E-state index is 0.0408. The molecule has 1 fully saturated rings. The van der Waals surface area contributed by atoms with Crippen molar-refractivity contribution in [1.29, 1.82) is 0 Å². The van der Waals surface area contributed by atoms with Crippen LogP contribution in [-0.2, 0) is 4.79 Å². The Balaban J connectivity index is 1.28. The maximum absolute atomic E-state index is 12.2. The third kappa shape index (κ3) is 3.49. The van der Waals surface area contributed by atoms with Crippen molar-refractivity contribution in [1.82, 2.24) is 44.7 Å². The monoisotopic (exact) mass is 476 g/mol. The molecular formula is C25H20N10O. The zero-order valence-electron chi connectivity index (χ0n) is 19.2. The van der Waals surface area contributed by atoms with Crippen LogP contribution in [0.15, 0.2) is 55.6 Å². The highest BCUT2D eigenvalue weighted by molar-refractivity contribution is 5.96. The Morgan fingerprint density at radius 3 is 2.78 bits per heavy atom. The molecule has 6 aromatic rings. The molecule has 0 aliphatic heterocycles. The first kappa shape index (κ1) is 20.4. The topological polar surface area (TPSA) is 143 Å². The van der Waals surface area contributed by atoms with Crippen LogP contribution in [0, 0.1) is 12.8 Å². The molecule has 0 bridgehead atoms. The fourth-order valence-corrected chi connectivity index (χ4v) is 4.27. The van der Waals surface area contributed by atoms with Crippen molar-refractivity contribution in [3.8, 4) is 28.5 Å². The summed E-state index contributed by atoms with van der Waals surface area (Å²) in [7, 11) is 0. The summed E-state index contributed by atoms with van der Waals surface area (Å²) in [5, 5.41) is 11.4. The molecule has 3 N–H and O–H groups in total. The molecule has 0 aromatic carbocycles. The zero-order valence-corrected chi connectivity index (χ0v) is 19.2. The van der Waals surface area contributed by atoms with E-state index in [9.17, 15) is 4.79 Å². The number of aromatic nitrogens is 9. The molecule has 0 saturated heterocycles. The number of hydrogen-bond donors (Lipinski definition) is 3. The minimum Gasteiger partial charge on any atom is -0.335 e. The first-order valence-corrected chi connectivity index (χ1v) is 11.6. The van der Waals surface area contributed by atoms with Crippen LogP contribution >= 0.6 is 0 Å². The predicted molar refractivity (Wildman–Crippen MR) is 133 cm³/mol. The Labute approximate surface area is 204 Å². The lowest BCUT2D eigenvalue weighted by Gasteiger charge is -2.06. The van der Waals surface area contributed by atoms with Crippen molar-refractivity contribution < 1.29 is 4.79 Å². The highest BCUT2D eigenvalue weighted by atomic mass is 16.2. The first-order chi connectivity index (χ1) is 17.6. The van der Waals surface area contributed by atoms with Gasteiger partial charge in [-0.05, 0) is 31.9 Å². The number of H-pyrrole nitrogens is 2. The number of carbonyl (C=O) groups excluding carboxylic acids is 1. The second-order valence-electron chi connectivity index (χ2n) is 8.98. The normalized spacial score (nSPS) is 13.5. The Bertz CT molecular complexity index is 1770. The number of nitrogens with zero attached hydrogens (tertiary/aromatic N) is 7. The maximum Gasteiger partial charge on any atom is 0.227 e. The Hall–Kier alpha value is -4.93. The van der Waals surface area contributed by atoms with E-state index >= 15 is 0 Å². The number of amides is 1. The highest BCUT2D eigenvalue weighted by Crippen LogP contribution is 2.32. The lowest BCUT2D eigenvalue weighted by atomic mass is 10.1. The van der Waals surface area contributed by atoms with Gasteiger partial charge in [-0.2, -0.15) is 5.10 Å². The van der Waals surface area contributed by atoms with Crippen molar-refractivity contribution >= 4 is 33.5 Å². The van der Waals surface area contributed by atoms with Crippen LogP contribution in [0.5, 0.6) is 0 Å². The van der Waals surface area contributed by atoms with E-state index in [-0.39, 0.29) is 11.8 Å². The molecular weight excluding hydrogens is 456 g/mol. The summed E-state index contributed by atoms with van der Waals surface area (Å²) in [6, 6.07) is 3.83. The molecule has 0 unspecified atom stereocenters. The summed E-state index contributed by atoms with van der Waals surface area (Å²) >= 11 is 0. The quantitative estimate of drug-likeness (QED) is 0.343. The summed E-state index contributed by atoms with van der Waals surface area (Å²) in [6.45, 7) is 1.94. The number of imidazole rings is 2. The smallest absolute Gasteiger partial charge is 0.227 e. The van der Waals surface area contributed by atoms with Crippen molar-refractivity contribution in [3.05, 3.63) is 61.3 Å². The van der Waals surface area contributed by atoms with E-state index < -0.39 is 0 Å². The summed E-state index contributed by atoms with van der Waals surface area (Å²) < 4.78 is 1.90. The number of aryl methyl sites for hydroxylation is 1. The number of rotatable bonds is 5. The molecule has 0 spiro atoms. The number of fused-ring (bicyclic) bond motifs is 2. The van der Waals surface area contributed by atoms with E-state index in [4.69, 9.17) is 4.98 Å². The van der Waals surface area contributed by atoms with Gasteiger partial charge in [-0.25, -0.2) is 9.97 Å². The van der Waals surface area contributed by atoms with Gasteiger partial charge < -0.3 is 14.9 Å². The van der Waals surface area contributed by atoms with Gasteiger partial charge in [0, 0.05) is 29.3 Å². The van der Waals surface area contributed by atoms with Gasteiger partial charge in [0.25, 0.3) is 0 Å². The van der Waals surface area contributed by atoms with Gasteiger partial charge in [-0.1, -0.05) is 0 Å². The van der Waals surface area contributed by atoms with E-state index in [1.807, 2.05) is 29.8 Å². The van der Waals surface area contributed by atoms with Crippen molar-refractivity contribution in [2.75, 3.05) is 5.32 Å². The van der Waals surface area contributed by atoms with Gasteiger partial charge in [-0.3, -0.25) is 24.8 Å². The molecule has 11 nitrogen and oxygen atoms in total. The number of anilines is 1. The molecule has 1 aliphatic rings. The average molecular weight is 477 g/mol. The highest BCUT2D eigenvalue weighted by Gasteiger charge is 2.29. The second kappa shape index (κ2) is 7.80. The molecule has 1 aliphatic carbocycles. The van der Waals surface area contributed by atoms with E-state index in [0.29, 0.717) is 22.9 Å². The summed E-state index contributed by atoms with van der Waals surface area (Å²) in [5.74, 6) is 0.774. The number of aromatic amines is 2. The third-order valence-electron chi connectivity index (χ3n) is 6.29. The van der Waals surface area contributed by atoms with E-state index in [0.717, 1.165) is 51.7 Å². The average Bonchev–Trinajstić information content (AvgIpc) is 3.30. The van der Waals surface area contributed by atoms with Crippen LogP contribution in [0.2, 0.25) is 0 Å². The third-order valence-corrected chi connectivity index (χ3v) is 6.29. The van der Waals surface area contributed by atoms with Crippen LogP contribution in [0.1, 0.15) is 18.5 Å². The molecule has 11 heteroatoms. The number of nitrogens with one attached hydrogen (secondary N) is 3. The molecule has 1 saturated carbocycles. The summed E-state index contributed by atoms with van der Waals surface area (Å²) in [5.41, 5.74) is 6.92. The van der Waals surface area contributed by atoms with E-state index in [1.54, 1.807) is 37.3 Å². The predicted octanol–water partition coefficient (Wildman–Crippen LogP) is 3.80. The Morgan fingerprint density at radius 1 is 1.06 bits per heavy atom. The van der Waals surface area contributed by atoms with Gasteiger partial charge in [-0.15, -0.1) is 0 Å². The van der Waals surface area contributed by atoms with Crippen LogP contribution in [0.25, 0.3) is 50.4 Å². The first-order valence-electron chi connectivity index (χ1n) is 11.6. The van der Waals surface area contributed by atoms with Crippen LogP contribution in [0.3, 0.4) is 0 Å². The van der Waals surface area contributed by atoms with Gasteiger partial charge in [0.2, 0.25) is 5.91 Å². The van der Waals surface area contributed by atoms with Crippen molar-refractivity contribution in [2.24, 2.45) is 5.92 Å². The number of carbonyl (C=O) groups is 1. The number of pyridine rings is 3. The van der Waals surface area contributed by atoms with Gasteiger partial charge >= 0.3 is 0 Å². The van der Waals surface area contributed by atoms with Gasteiger partial charge in [0.1, 0.15) is 11.2 Å². The molecule has 36 heavy (non-hydrogen) atoms. The largest absolute Gasteiger partial charge is 0.335 e. The molecule has 0 radical (unpaired) electrons. The lowest BCUT2D eigenvalue weighted by Crippen LogP contribution is -2.13. The van der Waals surface area contributed by atoms with Crippen molar-refractivity contribution in [3.63, 3.8) is 0 Å². The Morgan fingerprint density at radius 2 is 1.94 bits per heavy atom. The van der Waals surface area contributed by atoms with E-state index in [2.05, 4.69) is 40.4 Å². The van der Waals surface area contributed by atoms with Crippen LogP contribution < -0.4 is 5.32 Å². The molecule has 6 aromatic heterocycles. The van der Waals surface area contributed by atoms with E-state index in [1.165, 1.54) is 0 Å². The van der Waals surface area contributed by atoms with Crippen LogP contribution in [0.4, 0.5) is 5.69 Å². The SMILES string of the molecule is Cc1cn(-c2cncc3[nH]c(-c4n[nH]c5cnc(-c6cncc(NC(=O)C7CC7)c6)cc45)nc23)cn1. The van der Waals surface area contributed by atoms with Gasteiger partial charge in [0.15, 0.2) is 5.82 Å². The maximum atomic E-state index is 12.2. The molecule has 176 valence electrons. The Kier molecular flexibility index (Phi) is 4.43. The van der Waals surface area contributed by atoms with Crippen molar-refractivity contribution in [2.45, 2.75) is 19.8 Å². The lowest BCUT2D eigenvalue weighted by molar-refractivity contribution is -0.117. The fraction of sp³-hybridized carbons (Fsp3) is 0.160. The molecule has 7 rings (SSSR count). The summed E-state index contributed by atoms with van der Waals surface area (Å²) in [4.78, 5) is 37.9. The summed E-state index contributed by atoms with van der Waals surface area (Å²) in [6.07, 6.45) is 14.2. The van der Waals surface area contributed by atoms with Crippen LogP contribution in [-0.4, -0.2) is 50.6 Å². The molecule has 1 amide bonds.